The molecule has 0 radical (unpaired) electrons. The van der Waals surface area contributed by atoms with Gasteiger partial charge in [0.15, 0.2) is 11.5 Å². The van der Waals surface area contributed by atoms with E-state index in [1.807, 2.05) is 73.1 Å². The Morgan fingerprint density at radius 1 is 1.08 bits per heavy atom. The molecule has 0 aliphatic rings. The first-order valence-corrected chi connectivity index (χ1v) is 7.98. The number of H-pyrrole nitrogens is 1. The number of imidazole rings is 1. The van der Waals surface area contributed by atoms with E-state index in [-0.39, 0.29) is 5.56 Å². The normalized spacial score (nSPS) is 11.6. The highest BCUT2D eigenvalue weighted by atomic mass is 16.1. The lowest BCUT2D eigenvalue weighted by Gasteiger charge is -1.99. The molecule has 25 heavy (non-hydrogen) atoms. The third kappa shape index (κ3) is 2.57. The molecule has 0 unspecified atom stereocenters. The zero-order valence-corrected chi connectivity index (χ0v) is 14.0. The molecule has 4 aromatic rings. The van der Waals surface area contributed by atoms with Gasteiger partial charge in [0.1, 0.15) is 0 Å². The molecule has 0 atom stereocenters. The molecule has 0 spiro atoms. The molecule has 0 fully saturated rings. The Bertz CT molecular complexity index is 1130. The van der Waals surface area contributed by atoms with Crippen molar-refractivity contribution < 1.29 is 0 Å². The summed E-state index contributed by atoms with van der Waals surface area (Å²) in [6.07, 6.45) is 1.63. The maximum absolute atomic E-state index is 12.7. The molecule has 0 aliphatic heterocycles. The molecular formula is C19H17N5O. The second-order valence-electron chi connectivity index (χ2n) is 5.84. The molecular weight excluding hydrogens is 314 g/mol. The van der Waals surface area contributed by atoms with Gasteiger partial charge in [0, 0.05) is 7.05 Å². The summed E-state index contributed by atoms with van der Waals surface area (Å²) in [5, 5.41) is 3.07. The highest BCUT2D eigenvalue weighted by Gasteiger charge is 2.12. The monoisotopic (exact) mass is 331 g/mol. The van der Waals surface area contributed by atoms with Crippen LogP contribution < -0.4 is 5.56 Å². The Hall–Kier alpha value is -3.41. The van der Waals surface area contributed by atoms with Crippen molar-refractivity contribution in [2.24, 2.45) is 12.0 Å². The summed E-state index contributed by atoms with van der Waals surface area (Å²) in [6, 6.07) is 17.3. The molecule has 4 rings (SSSR count). The maximum atomic E-state index is 12.7. The van der Waals surface area contributed by atoms with Gasteiger partial charge in [-0.1, -0.05) is 30.3 Å². The molecule has 6 nitrogen and oxygen atoms in total. The van der Waals surface area contributed by atoms with Crippen LogP contribution in [0.25, 0.3) is 16.7 Å². The van der Waals surface area contributed by atoms with Gasteiger partial charge in [-0.15, -0.1) is 0 Å². The largest absolute Gasteiger partial charge is 0.326 e. The van der Waals surface area contributed by atoms with Crippen molar-refractivity contribution >= 4 is 22.9 Å². The predicted molar refractivity (Wildman–Crippen MR) is 99.1 cm³/mol. The van der Waals surface area contributed by atoms with Gasteiger partial charge in [0.25, 0.3) is 5.56 Å². The van der Waals surface area contributed by atoms with Crippen LogP contribution in [0.1, 0.15) is 11.5 Å². The van der Waals surface area contributed by atoms with Crippen LogP contribution in [-0.4, -0.2) is 25.5 Å². The summed E-state index contributed by atoms with van der Waals surface area (Å²) in [7, 11) is 1.93. The van der Waals surface area contributed by atoms with Crippen LogP contribution in [0.4, 0.5) is 5.69 Å². The molecule has 2 heterocycles. The van der Waals surface area contributed by atoms with E-state index in [9.17, 15) is 4.79 Å². The first-order chi connectivity index (χ1) is 12.1. The summed E-state index contributed by atoms with van der Waals surface area (Å²) in [4.78, 5) is 21.6. The Kier molecular flexibility index (Phi) is 3.57. The lowest BCUT2D eigenvalue weighted by Crippen LogP contribution is -2.13. The lowest BCUT2D eigenvalue weighted by atomic mass is 10.3. The van der Waals surface area contributed by atoms with Gasteiger partial charge < -0.3 is 4.57 Å². The van der Waals surface area contributed by atoms with E-state index in [0.29, 0.717) is 17.2 Å². The highest BCUT2D eigenvalue weighted by molar-refractivity contribution is 5.86. The third-order valence-electron chi connectivity index (χ3n) is 4.19. The quantitative estimate of drug-likeness (QED) is 0.586. The van der Waals surface area contributed by atoms with Crippen LogP contribution in [0, 0.1) is 6.92 Å². The molecule has 0 aliphatic carbocycles. The maximum Gasteiger partial charge on any atom is 0.297 e. The van der Waals surface area contributed by atoms with Crippen molar-refractivity contribution in [3.63, 3.8) is 0 Å². The topological polar surface area (TPSA) is 68.0 Å². The number of hydrogen-bond acceptors (Lipinski definition) is 3. The minimum atomic E-state index is -0.182. The van der Waals surface area contributed by atoms with E-state index in [1.54, 1.807) is 6.21 Å². The Morgan fingerprint density at radius 2 is 1.80 bits per heavy atom. The molecule has 0 bridgehead atoms. The van der Waals surface area contributed by atoms with Crippen molar-refractivity contribution in [3.8, 4) is 5.69 Å². The molecule has 6 heteroatoms. The average molecular weight is 331 g/mol. The number of aryl methyl sites for hydroxylation is 2. The van der Waals surface area contributed by atoms with Gasteiger partial charge >= 0.3 is 0 Å². The molecule has 0 saturated heterocycles. The number of para-hydroxylation sites is 3. The minimum absolute atomic E-state index is 0.182. The molecule has 124 valence electrons. The Morgan fingerprint density at radius 3 is 2.56 bits per heavy atom. The van der Waals surface area contributed by atoms with Crippen LogP contribution in [0.15, 0.2) is 64.4 Å². The fourth-order valence-corrected chi connectivity index (χ4v) is 2.85. The fraction of sp³-hybridized carbons (Fsp3) is 0.105. The number of nitrogens with one attached hydrogen (secondary N) is 1. The molecule has 2 aromatic carbocycles. The van der Waals surface area contributed by atoms with E-state index < -0.39 is 0 Å². The third-order valence-corrected chi connectivity index (χ3v) is 4.19. The number of hydrogen-bond donors (Lipinski definition) is 1. The van der Waals surface area contributed by atoms with Gasteiger partial charge in [-0.2, -0.15) is 0 Å². The van der Waals surface area contributed by atoms with Crippen molar-refractivity contribution in [1.29, 1.82) is 0 Å². The van der Waals surface area contributed by atoms with Crippen molar-refractivity contribution in [3.05, 3.63) is 76.5 Å². The van der Waals surface area contributed by atoms with Crippen LogP contribution in [0.3, 0.4) is 0 Å². The van der Waals surface area contributed by atoms with Gasteiger partial charge in [-0.25, -0.2) is 14.7 Å². The summed E-state index contributed by atoms with van der Waals surface area (Å²) < 4.78 is 3.45. The summed E-state index contributed by atoms with van der Waals surface area (Å²) in [5.41, 5.74) is 3.62. The van der Waals surface area contributed by atoms with Crippen molar-refractivity contribution in [2.45, 2.75) is 6.92 Å². The number of rotatable bonds is 3. The zero-order chi connectivity index (χ0) is 17.4. The van der Waals surface area contributed by atoms with Crippen LogP contribution in [0.5, 0.6) is 0 Å². The summed E-state index contributed by atoms with van der Waals surface area (Å²) >= 11 is 0. The van der Waals surface area contributed by atoms with Gasteiger partial charge in [0.05, 0.1) is 28.6 Å². The van der Waals surface area contributed by atoms with Gasteiger partial charge in [-0.05, 0) is 31.2 Å². The minimum Gasteiger partial charge on any atom is -0.326 e. The Labute approximate surface area is 144 Å². The lowest BCUT2D eigenvalue weighted by molar-refractivity contribution is 0.835. The number of aromatic nitrogens is 4. The van der Waals surface area contributed by atoms with Crippen molar-refractivity contribution in [2.75, 3.05) is 0 Å². The second-order valence-corrected chi connectivity index (χ2v) is 5.84. The Balaban J connectivity index is 1.76. The number of nitrogens with zero attached hydrogens (tertiary/aromatic N) is 4. The fourth-order valence-electron chi connectivity index (χ4n) is 2.85. The van der Waals surface area contributed by atoms with Crippen LogP contribution >= 0.6 is 0 Å². The van der Waals surface area contributed by atoms with Crippen molar-refractivity contribution in [1.82, 2.24) is 19.3 Å². The molecule has 2 aromatic heterocycles. The predicted octanol–water partition coefficient (Wildman–Crippen LogP) is 3.11. The SMILES string of the molecule is Cc1[nH]n(-c2ccccc2)c(=O)c1N=Cc1nc2ccccc2n1C. The summed E-state index contributed by atoms with van der Waals surface area (Å²) in [5.74, 6) is 0.701. The standard InChI is InChI=1S/C19H17N5O/c1-13-18(19(25)24(22-13)14-8-4-3-5-9-14)20-12-17-21-15-10-6-7-11-16(15)23(17)2/h3-12,22H,1-2H3. The van der Waals surface area contributed by atoms with E-state index in [0.717, 1.165) is 16.7 Å². The smallest absolute Gasteiger partial charge is 0.297 e. The van der Waals surface area contributed by atoms with Crippen LogP contribution in [0.2, 0.25) is 0 Å². The van der Waals surface area contributed by atoms with E-state index >= 15 is 0 Å². The molecule has 0 amide bonds. The van der Waals surface area contributed by atoms with E-state index in [4.69, 9.17) is 0 Å². The number of fused-ring (bicyclic) bond motifs is 1. The highest BCUT2D eigenvalue weighted by Crippen LogP contribution is 2.16. The first kappa shape index (κ1) is 15.1. The van der Waals surface area contributed by atoms with Gasteiger partial charge in [0.2, 0.25) is 0 Å². The number of benzene rings is 2. The second kappa shape index (κ2) is 5.90. The average Bonchev–Trinajstić information content (AvgIpc) is 3.11. The molecule has 1 N–H and O–H groups in total. The van der Waals surface area contributed by atoms with Crippen LogP contribution in [-0.2, 0) is 7.05 Å². The first-order valence-electron chi connectivity index (χ1n) is 7.98. The van der Waals surface area contributed by atoms with E-state index in [2.05, 4.69) is 15.1 Å². The number of aliphatic imine (C=N–C) groups is 1. The number of aromatic amines is 1. The zero-order valence-electron chi connectivity index (χ0n) is 14.0. The van der Waals surface area contributed by atoms with E-state index in [1.165, 1.54) is 4.68 Å². The van der Waals surface area contributed by atoms with Gasteiger partial charge in [-0.3, -0.25) is 9.89 Å². The summed E-state index contributed by atoms with van der Waals surface area (Å²) in [6.45, 7) is 1.84. The molecule has 0 saturated carbocycles.